The summed E-state index contributed by atoms with van der Waals surface area (Å²) in [6.07, 6.45) is 4.14. The highest BCUT2D eigenvalue weighted by Gasteiger charge is 2.20. The van der Waals surface area contributed by atoms with E-state index >= 15 is 0 Å². The van der Waals surface area contributed by atoms with Crippen LogP contribution in [0.3, 0.4) is 0 Å². The first-order chi connectivity index (χ1) is 10.2. The predicted octanol–water partition coefficient (Wildman–Crippen LogP) is 4.23. The second-order valence-corrected chi connectivity index (χ2v) is 6.32. The van der Waals surface area contributed by atoms with E-state index < -0.39 is 0 Å². The van der Waals surface area contributed by atoms with Gasteiger partial charge in [-0.25, -0.2) is 4.98 Å². The van der Waals surface area contributed by atoms with Gasteiger partial charge in [0.05, 0.1) is 0 Å². The first kappa shape index (κ1) is 14.4. The van der Waals surface area contributed by atoms with Crippen LogP contribution >= 0.6 is 15.9 Å². The number of hydrogen-bond acceptors (Lipinski definition) is 3. The number of pyridine rings is 1. The van der Waals surface area contributed by atoms with Gasteiger partial charge in [0, 0.05) is 35.5 Å². The van der Waals surface area contributed by atoms with Crippen LogP contribution in [-0.2, 0) is 0 Å². The van der Waals surface area contributed by atoms with Crippen molar-refractivity contribution >= 4 is 27.4 Å². The Morgan fingerprint density at radius 2 is 1.95 bits per heavy atom. The van der Waals surface area contributed by atoms with Crippen LogP contribution in [0, 0.1) is 6.92 Å². The third-order valence-corrected chi connectivity index (χ3v) is 5.07. The second kappa shape index (κ2) is 6.48. The first-order valence-electron chi connectivity index (χ1n) is 7.41. The molecule has 4 heteroatoms. The predicted molar refractivity (Wildman–Crippen MR) is 92.0 cm³/mol. The summed E-state index contributed by atoms with van der Waals surface area (Å²) in [5, 5.41) is 3.67. The van der Waals surface area contributed by atoms with Crippen molar-refractivity contribution in [3.8, 4) is 0 Å². The maximum Gasteiger partial charge on any atom is 0.128 e. The highest BCUT2D eigenvalue weighted by Crippen LogP contribution is 2.28. The Morgan fingerprint density at radius 1 is 1.14 bits per heavy atom. The maximum atomic E-state index is 4.44. The summed E-state index contributed by atoms with van der Waals surface area (Å²) in [6.45, 7) is 4.23. The number of nitrogens with zero attached hydrogens (tertiary/aromatic N) is 2. The Balaban J connectivity index is 1.60. The van der Waals surface area contributed by atoms with Gasteiger partial charge < -0.3 is 10.2 Å². The molecular formula is C17H20BrN3. The molecule has 2 heterocycles. The summed E-state index contributed by atoms with van der Waals surface area (Å²) in [6, 6.07) is 13.0. The number of nitrogens with one attached hydrogen (secondary N) is 1. The molecule has 1 saturated heterocycles. The molecule has 1 N–H and O–H groups in total. The van der Waals surface area contributed by atoms with E-state index in [2.05, 4.69) is 68.4 Å². The number of rotatable bonds is 3. The molecule has 0 spiro atoms. The summed E-state index contributed by atoms with van der Waals surface area (Å²) in [4.78, 5) is 6.80. The van der Waals surface area contributed by atoms with E-state index in [0.717, 1.165) is 31.7 Å². The molecule has 1 aromatic heterocycles. The van der Waals surface area contributed by atoms with Crippen molar-refractivity contribution in [3.05, 3.63) is 52.6 Å². The van der Waals surface area contributed by atoms with Crippen molar-refractivity contribution in [1.29, 1.82) is 0 Å². The van der Waals surface area contributed by atoms with Crippen molar-refractivity contribution in [1.82, 2.24) is 4.98 Å². The molecule has 1 aromatic carbocycles. The van der Waals surface area contributed by atoms with Crippen LogP contribution in [0.5, 0.6) is 0 Å². The highest BCUT2D eigenvalue weighted by molar-refractivity contribution is 9.10. The summed E-state index contributed by atoms with van der Waals surface area (Å²) >= 11 is 3.67. The van der Waals surface area contributed by atoms with Gasteiger partial charge in [0.15, 0.2) is 0 Å². The minimum atomic E-state index is 0.531. The van der Waals surface area contributed by atoms with E-state index in [0.29, 0.717) is 6.04 Å². The van der Waals surface area contributed by atoms with Crippen LogP contribution in [0.1, 0.15) is 18.4 Å². The van der Waals surface area contributed by atoms with Gasteiger partial charge in [-0.3, -0.25) is 0 Å². The number of halogens is 1. The van der Waals surface area contributed by atoms with Crippen molar-refractivity contribution in [2.24, 2.45) is 0 Å². The van der Waals surface area contributed by atoms with E-state index in [1.807, 2.05) is 12.3 Å². The first-order valence-corrected chi connectivity index (χ1v) is 8.21. The number of aromatic nitrogens is 1. The topological polar surface area (TPSA) is 28.2 Å². The monoisotopic (exact) mass is 345 g/mol. The van der Waals surface area contributed by atoms with E-state index in [1.165, 1.54) is 15.7 Å². The van der Waals surface area contributed by atoms with Crippen molar-refractivity contribution in [3.63, 3.8) is 0 Å². The zero-order valence-electron chi connectivity index (χ0n) is 12.2. The number of benzene rings is 1. The zero-order chi connectivity index (χ0) is 14.7. The van der Waals surface area contributed by atoms with Gasteiger partial charge in [-0.1, -0.05) is 18.2 Å². The van der Waals surface area contributed by atoms with Crippen LogP contribution in [0.2, 0.25) is 0 Å². The lowest BCUT2D eigenvalue weighted by Crippen LogP contribution is -2.39. The highest BCUT2D eigenvalue weighted by atomic mass is 79.9. The van der Waals surface area contributed by atoms with E-state index in [4.69, 9.17) is 0 Å². The molecule has 1 aliphatic heterocycles. The normalized spacial score (nSPS) is 16.0. The molecule has 3 nitrogen and oxygen atoms in total. The van der Waals surface area contributed by atoms with Crippen LogP contribution in [-0.4, -0.2) is 24.1 Å². The number of hydrogen-bond donors (Lipinski definition) is 1. The molecule has 0 radical (unpaired) electrons. The van der Waals surface area contributed by atoms with Gasteiger partial charge in [0.2, 0.25) is 0 Å². The Hall–Kier alpha value is -1.55. The lowest BCUT2D eigenvalue weighted by molar-refractivity contribution is 0.523. The second-order valence-electron chi connectivity index (χ2n) is 5.53. The molecule has 0 saturated carbocycles. The molecule has 110 valence electrons. The standard InChI is InChI=1S/C17H20BrN3/c1-13-5-4-6-15(17(13)18)20-14-8-11-21(12-9-14)16-7-2-3-10-19-16/h2-7,10,14,20H,8-9,11-12H2,1H3. The summed E-state index contributed by atoms with van der Waals surface area (Å²) in [5.74, 6) is 1.09. The Morgan fingerprint density at radius 3 is 2.67 bits per heavy atom. The van der Waals surface area contributed by atoms with Gasteiger partial charge in [-0.2, -0.15) is 0 Å². The number of anilines is 2. The van der Waals surface area contributed by atoms with Gasteiger partial charge in [-0.15, -0.1) is 0 Å². The largest absolute Gasteiger partial charge is 0.381 e. The molecule has 0 atom stereocenters. The number of piperidine rings is 1. The third-order valence-electron chi connectivity index (χ3n) is 4.02. The fourth-order valence-electron chi connectivity index (χ4n) is 2.77. The smallest absolute Gasteiger partial charge is 0.128 e. The lowest BCUT2D eigenvalue weighted by Gasteiger charge is -2.33. The summed E-state index contributed by atoms with van der Waals surface area (Å²) in [7, 11) is 0. The van der Waals surface area contributed by atoms with Gasteiger partial charge in [-0.05, 0) is 59.5 Å². The molecule has 21 heavy (non-hydrogen) atoms. The Kier molecular flexibility index (Phi) is 4.44. The molecule has 1 fully saturated rings. The van der Waals surface area contributed by atoms with E-state index in [1.54, 1.807) is 0 Å². The molecule has 0 bridgehead atoms. The fraction of sp³-hybridized carbons (Fsp3) is 0.353. The molecule has 0 unspecified atom stereocenters. The molecule has 3 rings (SSSR count). The van der Waals surface area contributed by atoms with E-state index in [9.17, 15) is 0 Å². The molecule has 2 aromatic rings. The average molecular weight is 346 g/mol. The molecular weight excluding hydrogens is 326 g/mol. The van der Waals surface area contributed by atoms with Crippen LogP contribution < -0.4 is 10.2 Å². The minimum absolute atomic E-state index is 0.531. The van der Waals surface area contributed by atoms with Crippen molar-refractivity contribution in [2.75, 3.05) is 23.3 Å². The molecule has 0 amide bonds. The van der Waals surface area contributed by atoms with Crippen LogP contribution in [0.15, 0.2) is 47.1 Å². The lowest BCUT2D eigenvalue weighted by atomic mass is 10.0. The summed E-state index contributed by atoms with van der Waals surface area (Å²) in [5.41, 5.74) is 2.47. The van der Waals surface area contributed by atoms with Gasteiger partial charge in [0.25, 0.3) is 0 Å². The summed E-state index contributed by atoms with van der Waals surface area (Å²) < 4.78 is 1.18. The molecule has 1 aliphatic rings. The van der Waals surface area contributed by atoms with Gasteiger partial charge in [0.1, 0.15) is 5.82 Å². The van der Waals surface area contributed by atoms with Crippen LogP contribution in [0.4, 0.5) is 11.5 Å². The zero-order valence-corrected chi connectivity index (χ0v) is 13.8. The van der Waals surface area contributed by atoms with Crippen molar-refractivity contribution in [2.45, 2.75) is 25.8 Å². The average Bonchev–Trinajstić information content (AvgIpc) is 2.53. The Labute approximate surface area is 134 Å². The number of aryl methyl sites for hydroxylation is 1. The maximum absolute atomic E-state index is 4.44. The van der Waals surface area contributed by atoms with Gasteiger partial charge >= 0.3 is 0 Å². The van der Waals surface area contributed by atoms with Crippen molar-refractivity contribution < 1.29 is 0 Å². The minimum Gasteiger partial charge on any atom is -0.381 e. The molecule has 0 aliphatic carbocycles. The fourth-order valence-corrected chi connectivity index (χ4v) is 3.15. The van der Waals surface area contributed by atoms with E-state index in [-0.39, 0.29) is 0 Å². The van der Waals surface area contributed by atoms with Crippen LogP contribution in [0.25, 0.3) is 0 Å². The SMILES string of the molecule is Cc1cccc(NC2CCN(c3ccccn3)CC2)c1Br. The third kappa shape index (κ3) is 3.38. The Bertz CT molecular complexity index is 592. The quantitative estimate of drug-likeness (QED) is 0.901.